The lowest BCUT2D eigenvalue weighted by Gasteiger charge is -2.08. The van der Waals surface area contributed by atoms with Crippen LogP contribution in [0.25, 0.3) is 0 Å². The SMILES string of the molecule is CCNS(=O)(=O)c1ccc(NC(=O)CNC2CC2)cc1. The van der Waals surface area contributed by atoms with Gasteiger partial charge in [0.05, 0.1) is 11.4 Å². The second-order valence-electron chi connectivity index (χ2n) is 4.73. The minimum atomic E-state index is -3.44. The van der Waals surface area contributed by atoms with E-state index in [1.165, 1.54) is 12.1 Å². The highest BCUT2D eigenvalue weighted by Crippen LogP contribution is 2.18. The Balaban J connectivity index is 1.92. The third-order valence-corrected chi connectivity index (χ3v) is 4.47. The molecule has 0 spiro atoms. The van der Waals surface area contributed by atoms with Crippen LogP contribution in [0.4, 0.5) is 5.69 Å². The predicted molar refractivity (Wildman–Crippen MR) is 77.0 cm³/mol. The Kier molecular flexibility index (Phi) is 4.74. The van der Waals surface area contributed by atoms with E-state index >= 15 is 0 Å². The van der Waals surface area contributed by atoms with Crippen LogP contribution < -0.4 is 15.4 Å². The van der Waals surface area contributed by atoms with Crippen LogP contribution in [-0.4, -0.2) is 33.5 Å². The molecule has 1 fully saturated rings. The molecule has 20 heavy (non-hydrogen) atoms. The van der Waals surface area contributed by atoms with Crippen LogP contribution >= 0.6 is 0 Å². The van der Waals surface area contributed by atoms with Gasteiger partial charge in [0.15, 0.2) is 0 Å². The summed E-state index contributed by atoms with van der Waals surface area (Å²) in [6.45, 7) is 2.34. The summed E-state index contributed by atoms with van der Waals surface area (Å²) < 4.78 is 25.9. The summed E-state index contributed by atoms with van der Waals surface area (Å²) in [5, 5.41) is 5.83. The molecular weight excluding hydrogens is 278 g/mol. The Morgan fingerprint density at radius 1 is 1.25 bits per heavy atom. The third kappa shape index (κ3) is 4.29. The summed E-state index contributed by atoms with van der Waals surface area (Å²) in [5.41, 5.74) is 0.586. The lowest BCUT2D eigenvalue weighted by Crippen LogP contribution is -2.29. The minimum Gasteiger partial charge on any atom is -0.325 e. The molecule has 1 amide bonds. The van der Waals surface area contributed by atoms with E-state index in [0.717, 1.165) is 12.8 Å². The van der Waals surface area contributed by atoms with Gasteiger partial charge in [0.2, 0.25) is 15.9 Å². The van der Waals surface area contributed by atoms with E-state index in [-0.39, 0.29) is 17.3 Å². The highest BCUT2D eigenvalue weighted by atomic mass is 32.2. The van der Waals surface area contributed by atoms with E-state index in [9.17, 15) is 13.2 Å². The molecule has 0 aromatic heterocycles. The zero-order valence-electron chi connectivity index (χ0n) is 11.3. The first-order valence-electron chi connectivity index (χ1n) is 6.64. The number of rotatable bonds is 7. The largest absolute Gasteiger partial charge is 0.325 e. The number of carbonyl (C=O) groups excluding carboxylic acids is 1. The van der Waals surface area contributed by atoms with Crippen molar-refractivity contribution in [3.05, 3.63) is 24.3 Å². The number of sulfonamides is 1. The van der Waals surface area contributed by atoms with Gasteiger partial charge in [-0.3, -0.25) is 4.79 Å². The molecule has 0 radical (unpaired) electrons. The van der Waals surface area contributed by atoms with Gasteiger partial charge in [0.1, 0.15) is 0 Å². The average Bonchev–Trinajstić information content (AvgIpc) is 3.21. The Hall–Kier alpha value is -1.44. The summed E-state index contributed by atoms with van der Waals surface area (Å²) in [6, 6.07) is 6.59. The van der Waals surface area contributed by atoms with Crippen molar-refractivity contribution in [2.75, 3.05) is 18.4 Å². The third-order valence-electron chi connectivity index (χ3n) is 2.91. The van der Waals surface area contributed by atoms with Gasteiger partial charge in [0, 0.05) is 18.3 Å². The lowest BCUT2D eigenvalue weighted by atomic mass is 10.3. The quantitative estimate of drug-likeness (QED) is 0.690. The van der Waals surface area contributed by atoms with Crippen molar-refractivity contribution >= 4 is 21.6 Å². The molecular formula is C13H19N3O3S. The predicted octanol–water partition coefficient (Wildman–Crippen LogP) is 0.675. The highest BCUT2D eigenvalue weighted by molar-refractivity contribution is 7.89. The van der Waals surface area contributed by atoms with E-state index in [2.05, 4.69) is 15.4 Å². The van der Waals surface area contributed by atoms with Gasteiger partial charge in [0.25, 0.3) is 0 Å². The average molecular weight is 297 g/mol. The molecule has 0 aliphatic heterocycles. The number of benzene rings is 1. The molecule has 0 bridgehead atoms. The van der Waals surface area contributed by atoms with Crippen LogP contribution in [0.1, 0.15) is 19.8 Å². The lowest BCUT2D eigenvalue weighted by molar-refractivity contribution is -0.115. The van der Waals surface area contributed by atoms with Gasteiger partial charge in [-0.25, -0.2) is 13.1 Å². The summed E-state index contributed by atoms with van der Waals surface area (Å²) >= 11 is 0. The Labute approximate surface area is 119 Å². The molecule has 0 unspecified atom stereocenters. The summed E-state index contributed by atoms with van der Waals surface area (Å²) in [6.07, 6.45) is 2.26. The number of hydrogen-bond donors (Lipinski definition) is 3. The van der Waals surface area contributed by atoms with Crippen molar-refractivity contribution < 1.29 is 13.2 Å². The van der Waals surface area contributed by atoms with Crippen LogP contribution in [-0.2, 0) is 14.8 Å². The van der Waals surface area contributed by atoms with Crippen molar-refractivity contribution in [1.82, 2.24) is 10.0 Å². The number of carbonyl (C=O) groups is 1. The molecule has 1 saturated carbocycles. The fourth-order valence-corrected chi connectivity index (χ4v) is 2.76. The smallest absolute Gasteiger partial charge is 0.240 e. The Morgan fingerprint density at radius 3 is 2.45 bits per heavy atom. The molecule has 1 aliphatic rings. The first-order chi connectivity index (χ1) is 9.51. The summed E-state index contributed by atoms with van der Waals surface area (Å²) in [4.78, 5) is 11.8. The van der Waals surface area contributed by atoms with E-state index in [1.807, 2.05) is 0 Å². The van der Waals surface area contributed by atoms with E-state index in [4.69, 9.17) is 0 Å². The van der Waals surface area contributed by atoms with Crippen LogP contribution in [0.5, 0.6) is 0 Å². The van der Waals surface area contributed by atoms with Crippen LogP contribution in [0, 0.1) is 0 Å². The van der Waals surface area contributed by atoms with Gasteiger partial charge in [-0.05, 0) is 37.1 Å². The van der Waals surface area contributed by atoms with Gasteiger partial charge in [-0.15, -0.1) is 0 Å². The van der Waals surface area contributed by atoms with Crippen molar-refractivity contribution in [2.24, 2.45) is 0 Å². The highest BCUT2D eigenvalue weighted by Gasteiger charge is 2.21. The summed E-state index contributed by atoms with van der Waals surface area (Å²) in [7, 11) is -3.44. The number of amides is 1. The number of hydrogen-bond acceptors (Lipinski definition) is 4. The molecule has 2 rings (SSSR count). The second kappa shape index (κ2) is 6.34. The standard InChI is InChI=1S/C13H19N3O3S/c1-2-15-20(18,19)12-7-5-11(6-8-12)16-13(17)9-14-10-3-4-10/h5-8,10,14-15H,2-4,9H2,1H3,(H,16,17). The van der Waals surface area contributed by atoms with Crippen LogP contribution in [0.15, 0.2) is 29.2 Å². The zero-order chi connectivity index (χ0) is 14.6. The number of anilines is 1. The fourth-order valence-electron chi connectivity index (χ4n) is 1.72. The van der Waals surface area contributed by atoms with E-state index in [1.54, 1.807) is 19.1 Å². The Morgan fingerprint density at radius 2 is 1.90 bits per heavy atom. The molecule has 1 aromatic rings. The van der Waals surface area contributed by atoms with E-state index in [0.29, 0.717) is 18.3 Å². The van der Waals surface area contributed by atoms with Gasteiger partial charge in [-0.2, -0.15) is 0 Å². The normalized spacial score (nSPS) is 15.1. The van der Waals surface area contributed by atoms with Gasteiger partial charge >= 0.3 is 0 Å². The zero-order valence-corrected chi connectivity index (χ0v) is 12.2. The molecule has 1 aromatic carbocycles. The van der Waals surface area contributed by atoms with Crippen LogP contribution in [0.2, 0.25) is 0 Å². The molecule has 3 N–H and O–H groups in total. The monoisotopic (exact) mass is 297 g/mol. The fraction of sp³-hybridized carbons (Fsp3) is 0.462. The summed E-state index contributed by atoms with van der Waals surface area (Å²) in [5.74, 6) is -0.126. The molecule has 7 heteroatoms. The molecule has 0 atom stereocenters. The van der Waals surface area contributed by atoms with E-state index < -0.39 is 10.0 Å². The van der Waals surface area contributed by atoms with Crippen molar-refractivity contribution in [3.63, 3.8) is 0 Å². The first-order valence-corrected chi connectivity index (χ1v) is 8.12. The molecule has 0 saturated heterocycles. The molecule has 1 aliphatic carbocycles. The maximum atomic E-state index is 11.7. The second-order valence-corrected chi connectivity index (χ2v) is 6.50. The van der Waals surface area contributed by atoms with Crippen molar-refractivity contribution in [1.29, 1.82) is 0 Å². The van der Waals surface area contributed by atoms with Gasteiger partial charge < -0.3 is 10.6 Å². The minimum absolute atomic E-state index is 0.126. The van der Waals surface area contributed by atoms with Crippen molar-refractivity contribution in [3.8, 4) is 0 Å². The first kappa shape index (κ1) is 15.0. The molecule has 6 nitrogen and oxygen atoms in total. The van der Waals surface area contributed by atoms with Gasteiger partial charge in [-0.1, -0.05) is 6.92 Å². The number of nitrogens with one attached hydrogen (secondary N) is 3. The molecule has 0 heterocycles. The maximum Gasteiger partial charge on any atom is 0.240 e. The topological polar surface area (TPSA) is 87.3 Å². The van der Waals surface area contributed by atoms with Crippen LogP contribution in [0.3, 0.4) is 0 Å². The molecule has 110 valence electrons. The Bertz CT molecular complexity index is 565. The van der Waals surface area contributed by atoms with Crippen molar-refractivity contribution in [2.45, 2.75) is 30.7 Å². The maximum absolute atomic E-state index is 11.7.